The molecule has 20 heteroatoms. The van der Waals surface area contributed by atoms with Crippen LogP contribution in [0, 0.1) is 5.92 Å². The number of alkyl halides is 16. The number of hydrogen-bond donors (Lipinski definition) is 0. The summed E-state index contributed by atoms with van der Waals surface area (Å²) in [6, 6.07) is 0. The summed E-state index contributed by atoms with van der Waals surface area (Å²) in [6.45, 7) is -9.00. The molecule has 1 aliphatic heterocycles. The van der Waals surface area contributed by atoms with Crippen molar-refractivity contribution in [3.8, 4) is 0 Å². The number of hydrogen-bond acceptors (Lipinski definition) is 4. The van der Waals surface area contributed by atoms with E-state index in [1.807, 2.05) is 0 Å². The average Bonchev–Trinajstić information content (AvgIpc) is 3.01. The Labute approximate surface area is 178 Å². The lowest BCUT2D eigenvalue weighted by atomic mass is 9.89. The molecule has 204 valence electrons. The third-order valence-electron chi connectivity index (χ3n) is 4.28. The highest BCUT2D eigenvalue weighted by Gasteiger charge is 2.83. The van der Waals surface area contributed by atoms with Crippen LogP contribution >= 0.6 is 0 Å². The summed E-state index contributed by atoms with van der Waals surface area (Å²) >= 11 is 0. The molecular formula is C14H12F16O4. The van der Waals surface area contributed by atoms with Gasteiger partial charge in [-0.15, -0.1) is 0 Å². The van der Waals surface area contributed by atoms with E-state index in [0.29, 0.717) is 6.92 Å². The molecule has 34 heavy (non-hydrogen) atoms. The molecule has 0 aliphatic carbocycles. The largest absolute Gasteiger partial charge is 0.454 e. The Morgan fingerprint density at radius 2 is 1.38 bits per heavy atom. The Bertz CT molecular complexity index is 693. The van der Waals surface area contributed by atoms with Crippen molar-refractivity contribution in [2.24, 2.45) is 5.92 Å². The summed E-state index contributed by atoms with van der Waals surface area (Å²) in [5.41, 5.74) is 0. The number of rotatable bonds is 9. The van der Waals surface area contributed by atoms with Crippen LogP contribution < -0.4 is 0 Å². The molecule has 0 N–H and O–H groups in total. The SMILES string of the molecule is CCOC1(C(F)(OC(F)(F)CF)C(F)(F)F)CC(C(F)(F)F)C(C(F)(OC(F)F)C(F)(F)F)O1. The Kier molecular flexibility index (Phi) is 8.42. The molecule has 1 aliphatic rings. The van der Waals surface area contributed by atoms with Crippen molar-refractivity contribution in [1.82, 2.24) is 0 Å². The summed E-state index contributed by atoms with van der Waals surface area (Å²) in [6.07, 6.45) is -33.5. The third-order valence-corrected chi connectivity index (χ3v) is 4.28. The lowest BCUT2D eigenvalue weighted by Crippen LogP contribution is -2.66. The van der Waals surface area contributed by atoms with Gasteiger partial charge in [0, 0.05) is 13.0 Å². The molecule has 0 spiro atoms. The zero-order chi connectivity index (χ0) is 27.2. The smallest absolute Gasteiger partial charge is 0.345 e. The summed E-state index contributed by atoms with van der Waals surface area (Å²) in [7, 11) is 0. The molecule has 5 atom stereocenters. The molecule has 5 unspecified atom stereocenters. The van der Waals surface area contributed by atoms with E-state index in [-0.39, 0.29) is 0 Å². The molecular weight excluding hydrogens is 536 g/mol. The van der Waals surface area contributed by atoms with Crippen molar-refractivity contribution in [2.75, 3.05) is 13.3 Å². The van der Waals surface area contributed by atoms with Crippen molar-refractivity contribution in [1.29, 1.82) is 0 Å². The van der Waals surface area contributed by atoms with E-state index < -0.39 is 80.5 Å². The lowest BCUT2D eigenvalue weighted by Gasteiger charge is -2.43. The van der Waals surface area contributed by atoms with Crippen molar-refractivity contribution in [3.05, 3.63) is 0 Å². The van der Waals surface area contributed by atoms with Crippen LogP contribution in [0.2, 0.25) is 0 Å². The van der Waals surface area contributed by atoms with Crippen LogP contribution in [0.5, 0.6) is 0 Å². The minimum Gasteiger partial charge on any atom is -0.345 e. The van der Waals surface area contributed by atoms with E-state index in [1.165, 1.54) is 0 Å². The van der Waals surface area contributed by atoms with Crippen molar-refractivity contribution in [3.63, 3.8) is 0 Å². The van der Waals surface area contributed by atoms with Crippen LogP contribution in [0.25, 0.3) is 0 Å². The van der Waals surface area contributed by atoms with E-state index in [1.54, 1.807) is 0 Å². The van der Waals surface area contributed by atoms with E-state index in [0.717, 1.165) is 0 Å². The average molecular weight is 548 g/mol. The molecule has 0 aromatic heterocycles. The molecule has 0 bridgehead atoms. The first-order valence-electron chi connectivity index (χ1n) is 8.42. The van der Waals surface area contributed by atoms with Gasteiger partial charge in [0.2, 0.25) is 5.79 Å². The molecule has 0 radical (unpaired) electrons. The highest BCUT2D eigenvalue weighted by molar-refractivity contribution is 5.08. The van der Waals surface area contributed by atoms with Gasteiger partial charge < -0.3 is 9.47 Å². The second-order valence-electron chi connectivity index (χ2n) is 6.56. The fraction of sp³-hybridized carbons (Fsp3) is 1.00. The molecule has 0 amide bonds. The van der Waals surface area contributed by atoms with Gasteiger partial charge in [0.25, 0.3) is 0 Å². The summed E-state index contributed by atoms with van der Waals surface area (Å²) in [5.74, 6) is -22.0. The first kappa shape index (κ1) is 30.8. The van der Waals surface area contributed by atoms with E-state index in [2.05, 4.69) is 18.9 Å². The summed E-state index contributed by atoms with van der Waals surface area (Å²) < 4.78 is 226. The summed E-state index contributed by atoms with van der Waals surface area (Å²) in [4.78, 5) is 0. The standard InChI is InChI=1S/C14H12F16O4/c1-2-31-8(12(24,14(28,29)30)34-9(18,19)4-15)3-5(11(21,22)23)6(32-8)10(20,13(25,26)27)33-7(16)17/h5-7H,2-4H2,1H3. The Hall–Kier alpha value is -1.28. The second-order valence-corrected chi connectivity index (χ2v) is 6.56. The number of ether oxygens (including phenoxy) is 4. The van der Waals surface area contributed by atoms with Crippen molar-refractivity contribution >= 4 is 0 Å². The van der Waals surface area contributed by atoms with Crippen molar-refractivity contribution in [2.45, 2.75) is 68.2 Å². The minimum absolute atomic E-state index is 0.549. The lowest BCUT2D eigenvalue weighted by molar-refractivity contribution is -0.498. The predicted octanol–water partition coefficient (Wildman–Crippen LogP) is 5.96. The topological polar surface area (TPSA) is 36.9 Å². The van der Waals surface area contributed by atoms with Gasteiger partial charge in [-0.05, 0) is 6.92 Å². The Balaban J connectivity index is 3.89. The maximum absolute atomic E-state index is 15.0. The van der Waals surface area contributed by atoms with Gasteiger partial charge in [0.15, 0.2) is 6.67 Å². The van der Waals surface area contributed by atoms with E-state index >= 15 is 4.39 Å². The molecule has 0 aromatic carbocycles. The van der Waals surface area contributed by atoms with Gasteiger partial charge in [-0.3, -0.25) is 9.47 Å². The number of halogens is 16. The maximum atomic E-state index is 15.0. The van der Waals surface area contributed by atoms with Gasteiger partial charge in [0.05, 0.1) is 5.92 Å². The minimum atomic E-state index is -6.97. The van der Waals surface area contributed by atoms with Crippen LogP contribution in [0.1, 0.15) is 13.3 Å². The summed E-state index contributed by atoms with van der Waals surface area (Å²) in [5, 5.41) is 0. The van der Waals surface area contributed by atoms with Gasteiger partial charge in [-0.1, -0.05) is 0 Å². The zero-order valence-corrected chi connectivity index (χ0v) is 16.0. The first-order chi connectivity index (χ1) is 14.9. The maximum Gasteiger partial charge on any atom is 0.454 e. The molecule has 1 saturated heterocycles. The zero-order valence-electron chi connectivity index (χ0n) is 16.0. The quantitative estimate of drug-likeness (QED) is 0.334. The van der Waals surface area contributed by atoms with Crippen LogP contribution in [-0.2, 0) is 18.9 Å². The fourth-order valence-corrected chi connectivity index (χ4v) is 2.99. The third kappa shape index (κ3) is 5.58. The van der Waals surface area contributed by atoms with E-state index in [9.17, 15) is 65.9 Å². The highest BCUT2D eigenvalue weighted by Crippen LogP contribution is 2.60. The first-order valence-corrected chi connectivity index (χ1v) is 8.42. The normalized spacial score (nSPS) is 28.8. The van der Waals surface area contributed by atoms with Crippen molar-refractivity contribution < 1.29 is 89.2 Å². The monoisotopic (exact) mass is 548 g/mol. The van der Waals surface area contributed by atoms with Gasteiger partial charge in [0.1, 0.15) is 6.10 Å². The van der Waals surface area contributed by atoms with Crippen LogP contribution in [0.3, 0.4) is 0 Å². The molecule has 0 aromatic rings. The van der Waals surface area contributed by atoms with Gasteiger partial charge >= 0.3 is 43.0 Å². The molecule has 1 fully saturated rings. The fourth-order valence-electron chi connectivity index (χ4n) is 2.99. The molecule has 4 nitrogen and oxygen atoms in total. The van der Waals surface area contributed by atoms with Crippen LogP contribution in [0.4, 0.5) is 70.2 Å². The molecule has 1 heterocycles. The predicted molar refractivity (Wildman–Crippen MR) is 72.3 cm³/mol. The Morgan fingerprint density at radius 3 is 1.71 bits per heavy atom. The second kappa shape index (κ2) is 9.30. The highest BCUT2D eigenvalue weighted by atomic mass is 19.4. The molecule has 1 rings (SSSR count). The van der Waals surface area contributed by atoms with Crippen LogP contribution in [-0.4, -0.2) is 68.1 Å². The van der Waals surface area contributed by atoms with Crippen LogP contribution in [0.15, 0.2) is 0 Å². The molecule has 0 saturated carbocycles. The van der Waals surface area contributed by atoms with Gasteiger partial charge in [-0.25, -0.2) is 4.39 Å². The van der Waals surface area contributed by atoms with Gasteiger partial charge in [-0.2, -0.15) is 65.9 Å². The Morgan fingerprint density at radius 1 is 0.882 bits per heavy atom. The van der Waals surface area contributed by atoms with E-state index in [4.69, 9.17) is 0 Å².